The first-order valence-electron chi connectivity index (χ1n) is 6.76. The van der Waals surface area contributed by atoms with Crippen molar-refractivity contribution in [2.45, 2.75) is 51.7 Å². The Morgan fingerprint density at radius 3 is 2.31 bits per heavy atom. The zero-order chi connectivity index (χ0) is 11.5. The van der Waals surface area contributed by atoms with E-state index in [2.05, 4.69) is 30.6 Å². The maximum atomic E-state index is 5.40. The monoisotopic (exact) mass is 226 g/mol. The molecule has 94 valence electrons. The molecule has 2 rings (SSSR count). The third kappa shape index (κ3) is 2.76. The first-order chi connectivity index (χ1) is 7.68. The lowest BCUT2D eigenvalue weighted by molar-refractivity contribution is -0.00648. The number of ether oxygens (including phenoxy) is 1. The second kappa shape index (κ2) is 5.48. The van der Waals surface area contributed by atoms with Gasteiger partial charge in [0.05, 0.1) is 13.2 Å². The first-order valence-corrected chi connectivity index (χ1v) is 6.76. The van der Waals surface area contributed by atoms with Crippen molar-refractivity contribution in [3.8, 4) is 0 Å². The van der Waals surface area contributed by atoms with Crippen LogP contribution in [0.5, 0.6) is 0 Å². The minimum Gasteiger partial charge on any atom is -0.379 e. The Kier molecular flexibility index (Phi) is 4.22. The molecule has 0 bridgehead atoms. The van der Waals surface area contributed by atoms with E-state index < -0.39 is 0 Å². The van der Waals surface area contributed by atoms with Gasteiger partial charge in [-0.25, -0.2) is 0 Å². The van der Waals surface area contributed by atoms with Gasteiger partial charge in [0, 0.05) is 37.8 Å². The zero-order valence-electron chi connectivity index (χ0n) is 11.0. The van der Waals surface area contributed by atoms with Crippen LogP contribution in [0.1, 0.15) is 33.6 Å². The predicted octanol–water partition coefficient (Wildman–Crippen LogP) is 1.58. The van der Waals surface area contributed by atoms with Crippen molar-refractivity contribution in [3.63, 3.8) is 0 Å². The summed E-state index contributed by atoms with van der Waals surface area (Å²) >= 11 is 0. The summed E-state index contributed by atoms with van der Waals surface area (Å²) in [4.78, 5) is 5.22. The molecule has 0 N–H and O–H groups in total. The predicted molar refractivity (Wildman–Crippen MR) is 66.7 cm³/mol. The average molecular weight is 226 g/mol. The second-order valence-electron chi connectivity index (χ2n) is 5.51. The second-order valence-corrected chi connectivity index (χ2v) is 5.51. The highest BCUT2D eigenvalue weighted by molar-refractivity contribution is 4.88. The Bertz CT molecular complexity index is 214. The summed E-state index contributed by atoms with van der Waals surface area (Å²) in [5.41, 5.74) is 0. The summed E-state index contributed by atoms with van der Waals surface area (Å²) in [6.07, 6.45) is 2.73. The third-order valence-corrected chi connectivity index (χ3v) is 4.14. The van der Waals surface area contributed by atoms with Crippen LogP contribution in [0.25, 0.3) is 0 Å². The van der Waals surface area contributed by atoms with Crippen LogP contribution >= 0.6 is 0 Å². The molecule has 0 aliphatic carbocycles. The van der Waals surface area contributed by atoms with E-state index in [1.807, 2.05) is 0 Å². The lowest BCUT2D eigenvalue weighted by Gasteiger charge is -2.46. The minimum atomic E-state index is 0.718. The van der Waals surface area contributed by atoms with Crippen molar-refractivity contribution < 1.29 is 4.74 Å². The Balaban J connectivity index is 1.76. The SMILES string of the molecule is CC(CC1CCN1C(C)C)N1CCOCC1. The summed E-state index contributed by atoms with van der Waals surface area (Å²) in [6.45, 7) is 12.4. The molecule has 0 radical (unpaired) electrons. The van der Waals surface area contributed by atoms with E-state index in [0.717, 1.165) is 44.4 Å². The van der Waals surface area contributed by atoms with Gasteiger partial charge >= 0.3 is 0 Å². The van der Waals surface area contributed by atoms with Gasteiger partial charge in [-0.05, 0) is 33.6 Å². The van der Waals surface area contributed by atoms with Crippen molar-refractivity contribution in [1.82, 2.24) is 9.80 Å². The minimum absolute atomic E-state index is 0.718. The maximum Gasteiger partial charge on any atom is 0.0594 e. The summed E-state index contributed by atoms with van der Waals surface area (Å²) in [5.74, 6) is 0. The first kappa shape index (κ1) is 12.3. The van der Waals surface area contributed by atoms with Crippen molar-refractivity contribution in [3.05, 3.63) is 0 Å². The topological polar surface area (TPSA) is 15.7 Å². The standard InChI is InChI=1S/C13H26N2O/c1-11(2)15-5-4-13(15)10-12(3)14-6-8-16-9-7-14/h11-13H,4-10H2,1-3H3. The lowest BCUT2D eigenvalue weighted by Crippen LogP contribution is -2.54. The van der Waals surface area contributed by atoms with Crippen LogP contribution in [-0.2, 0) is 4.74 Å². The van der Waals surface area contributed by atoms with Gasteiger partial charge in [-0.15, -0.1) is 0 Å². The molecule has 2 aliphatic rings. The molecule has 2 aliphatic heterocycles. The van der Waals surface area contributed by atoms with Gasteiger partial charge in [-0.2, -0.15) is 0 Å². The average Bonchev–Trinajstić information content (AvgIpc) is 2.24. The van der Waals surface area contributed by atoms with Crippen molar-refractivity contribution in [2.75, 3.05) is 32.8 Å². The molecule has 3 heteroatoms. The Labute approximate surface area is 99.7 Å². The molecule has 0 amide bonds. The third-order valence-electron chi connectivity index (χ3n) is 4.14. The maximum absolute atomic E-state index is 5.40. The number of hydrogen-bond donors (Lipinski definition) is 0. The molecule has 2 atom stereocenters. The molecule has 0 spiro atoms. The molecule has 0 aromatic rings. The fourth-order valence-electron chi connectivity index (χ4n) is 2.95. The summed E-state index contributed by atoms with van der Waals surface area (Å²) in [6, 6.07) is 2.27. The van der Waals surface area contributed by atoms with E-state index in [0.29, 0.717) is 0 Å². The highest BCUT2D eigenvalue weighted by Crippen LogP contribution is 2.25. The molecule has 0 aromatic carbocycles. The van der Waals surface area contributed by atoms with E-state index in [4.69, 9.17) is 4.74 Å². The molecule has 2 unspecified atom stereocenters. The molecule has 16 heavy (non-hydrogen) atoms. The highest BCUT2D eigenvalue weighted by atomic mass is 16.5. The van der Waals surface area contributed by atoms with Crippen LogP contribution in [0.15, 0.2) is 0 Å². The van der Waals surface area contributed by atoms with E-state index in [9.17, 15) is 0 Å². The highest BCUT2D eigenvalue weighted by Gasteiger charge is 2.32. The molecule has 2 saturated heterocycles. The van der Waals surface area contributed by atoms with E-state index >= 15 is 0 Å². The van der Waals surface area contributed by atoms with Crippen LogP contribution in [0.3, 0.4) is 0 Å². The van der Waals surface area contributed by atoms with Gasteiger partial charge in [-0.1, -0.05) is 0 Å². The fourth-order valence-corrected chi connectivity index (χ4v) is 2.95. The number of likely N-dealkylation sites (tertiary alicyclic amines) is 1. The Morgan fingerprint density at radius 1 is 1.12 bits per heavy atom. The molecule has 2 heterocycles. The van der Waals surface area contributed by atoms with Gasteiger partial charge in [-0.3, -0.25) is 9.80 Å². The van der Waals surface area contributed by atoms with Crippen LogP contribution in [-0.4, -0.2) is 60.8 Å². The normalized spacial score (nSPS) is 30.4. The number of nitrogens with zero attached hydrogens (tertiary/aromatic N) is 2. The van der Waals surface area contributed by atoms with Crippen LogP contribution < -0.4 is 0 Å². The number of rotatable bonds is 4. The van der Waals surface area contributed by atoms with Gasteiger partial charge in [0.15, 0.2) is 0 Å². The summed E-state index contributed by atoms with van der Waals surface area (Å²) in [7, 11) is 0. The Morgan fingerprint density at radius 2 is 1.81 bits per heavy atom. The van der Waals surface area contributed by atoms with Crippen molar-refractivity contribution >= 4 is 0 Å². The lowest BCUT2D eigenvalue weighted by atomic mass is 9.93. The Hall–Kier alpha value is -0.120. The smallest absolute Gasteiger partial charge is 0.0594 e. The molecule has 2 fully saturated rings. The molecular weight excluding hydrogens is 200 g/mol. The number of morpholine rings is 1. The van der Waals surface area contributed by atoms with E-state index in [-0.39, 0.29) is 0 Å². The molecular formula is C13H26N2O. The van der Waals surface area contributed by atoms with Crippen molar-refractivity contribution in [2.24, 2.45) is 0 Å². The summed E-state index contributed by atoms with van der Waals surface area (Å²) in [5, 5.41) is 0. The molecule has 0 aromatic heterocycles. The molecule has 0 saturated carbocycles. The zero-order valence-corrected chi connectivity index (χ0v) is 11.0. The fraction of sp³-hybridized carbons (Fsp3) is 1.00. The largest absolute Gasteiger partial charge is 0.379 e. The van der Waals surface area contributed by atoms with Gasteiger partial charge in [0.1, 0.15) is 0 Å². The molecule has 3 nitrogen and oxygen atoms in total. The summed E-state index contributed by atoms with van der Waals surface area (Å²) < 4.78 is 5.40. The van der Waals surface area contributed by atoms with Crippen LogP contribution in [0.4, 0.5) is 0 Å². The van der Waals surface area contributed by atoms with Gasteiger partial charge in [0.25, 0.3) is 0 Å². The van der Waals surface area contributed by atoms with E-state index in [1.54, 1.807) is 0 Å². The van der Waals surface area contributed by atoms with Gasteiger partial charge < -0.3 is 4.74 Å². The van der Waals surface area contributed by atoms with E-state index in [1.165, 1.54) is 19.4 Å². The van der Waals surface area contributed by atoms with Crippen LogP contribution in [0, 0.1) is 0 Å². The number of hydrogen-bond acceptors (Lipinski definition) is 3. The van der Waals surface area contributed by atoms with Crippen molar-refractivity contribution in [1.29, 1.82) is 0 Å². The van der Waals surface area contributed by atoms with Crippen LogP contribution in [0.2, 0.25) is 0 Å². The van der Waals surface area contributed by atoms with Gasteiger partial charge in [0.2, 0.25) is 0 Å². The quantitative estimate of drug-likeness (QED) is 0.724.